The Balaban J connectivity index is -0.0000000301. The first-order chi connectivity index (χ1) is 5.24. The van der Waals surface area contributed by atoms with Crippen LogP contribution in [0.3, 0.4) is 0 Å². The second kappa shape index (κ2) is 86.7. The first-order valence-electron chi connectivity index (χ1n) is 3.29. The summed E-state index contributed by atoms with van der Waals surface area (Å²) in [6.45, 7) is 0. The highest BCUT2D eigenvalue weighted by atomic mass is 31.0. The Hall–Kier alpha value is 0.110. The molecule has 0 fully saturated rings. The maximum Gasteiger partial charge on any atom is 0.0527 e. The van der Waals surface area contributed by atoms with Gasteiger partial charge in [0.05, 0.1) is 9.12 Å². The second-order valence-electron chi connectivity index (χ2n) is 1.50. The normalized spacial score (nSPS) is 5.64. The minimum atomic E-state index is 0.611. The van der Waals surface area contributed by atoms with Gasteiger partial charge in [-0.1, -0.05) is 0 Å². The summed E-state index contributed by atoms with van der Waals surface area (Å²) >= 11 is 0. The van der Waals surface area contributed by atoms with Crippen LogP contribution in [0.25, 0.3) is 0 Å². The molecule has 1 unspecified atom stereocenters. The lowest BCUT2D eigenvalue weighted by molar-refractivity contribution is 0.607. The van der Waals surface area contributed by atoms with Crippen LogP contribution in [-0.4, -0.2) is 42.3 Å². The Morgan fingerprint density at radius 3 is 0.636 bits per heavy atom. The first kappa shape index (κ1) is 22.5. The molecule has 0 heterocycles. The van der Waals surface area contributed by atoms with E-state index in [1.807, 2.05) is 42.3 Å². The number of hydrogen-bond acceptors (Lipinski definition) is 4. The molecule has 0 bridgehead atoms. The van der Waals surface area contributed by atoms with Crippen molar-refractivity contribution in [1.29, 1.82) is 0 Å². The Kier molecular flexibility index (Phi) is 177. The Morgan fingerprint density at radius 1 is 0.636 bits per heavy atom. The molecule has 0 aromatic carbocycles. The molecular weight excluding hydrogens is 161 g/mol. The maximum atomic E-state index is 8.28. The minimum Gasteiger partial charge on any atom is -0.333 e. The fraction of sp³-hybridized carbons (Fsp3) is 1.00. The van der Waals surface area contributed by atoms with Crippen LogP contribution >= 0.6 is 9.12 Å². The summed E-state index contributed by atoms with van der Waals surface area (Å²) in [6.07, 6.45) is 0. The van der Waals surface area contributed by atoms with Crippen molar-refractivity contribution in [3.63, 3.8) is 0 Å². The first-order valence-corrected chi connectivity index (χ1v) is 3.87. The molecule has 0 spiro atoms. The molecule has 4 nitrogen and oxygen atoms in total. The average Bonchev–Trinajstić information content (AvgIpc) is 1.96. The van der Waals surface area contributed by atoms with Crippen molar-refractivity contribution < 1.29 is 4.57 Å². The molecule has 0 aliphatic carbocycles. The van der Waals surface area contributed by atoms with Crippen LogP contribution in [0.1, 0.15) is 0 Å². The fourth-order valence-electron chi connectivity index (χ4n) is 0. The summed E-state index contributed by atoms with van der Waals surface area (Å²) < 4.78 is 8.28. The number of hydrogen-bond donors (Lipinski definition) is 3. The van der Waals surface area contributed by atoms with Crippen molar-refractivity contribution in [1.82, 2.24) is 16.0 Å². The zero-order chi connectivity index (χ0) is 10.1. The quantitative estimate of drug-likeness (QED) is 0.443. The molecule has 1 atom stereocenters. The summed E-state index contributed by atoms with van der Waals surface area (Å²) in [5.41, 5.74) is 0. The van der Waals surface area contributed by atoms with Crippen LogP contribution in [0.15, 0.2) is 0 Å². The third-order valence-corrected chi connectivity index (χ3v) is 0. The summed E-state index contributed by atoms with van der Waals surface area (Å²) in [6, 6.07) is 0. The van der Waals surface area contributed by atoms with Gasteiger partial charge < -0.3 is 20.5 Å². The topological polar surface area (TPSA) is 53.2 Å². The highest BCUT2D eigenvalue weighted by Gasteiger charge is 1.26. The smallest absolute Gasteiger partial charge is 0.0527 e. The van der Waals surface area contributed by atoms with Gasteiger partial charge in [0, 0.05) is 0 Å². The SMILES string of the molecule is CNC.CNC.CNC.O=[PH3]. The zero-order valence-electron chi connectivity index (χ0n) is 8.62. The lowest BCUT2D eigenvalue weighted by Gasteiger charge is -1.59. The maximum absolute atomic E-state index is 8.28. The predicted octanol–water partition coefficient (Wildman–Crippen LogP) is -0.554. The Labute approximate surface area is 72.8 Å². The molecule has 0 aromatic heterocycles. The third kappa shape index (κ3) is 55000. The van der Waals surface area contributed by atoms with Gasteiger partial charge in [-0.15, -0.1) is 0 Å². The highest BCUT2D eigenvalue weighted by Crippen LogP contribution is 1.23. The fourth-order valence-corrected chi connectivity index (χ4v) is 0. The predicted molar refractivity (Wildman–Crippen MR) is 56.7 cm³/mol. The van der Waals surface area contributed by atoms with E-state index < -0.39 is 0 Å². The van der Waals surface area contributed by atoms with Crippen molar-refractivity contribution in [3.8, 4) is 0 Å². The molecular formula is C6H24N3OP. The van der Waals surface area contributed by atoms with Gasteiger partial charge in [0.1, 0.15) is 0 Å². The molecule has 0 aliphatic heterocycles. The molecule has 3 N–H and O–H groups in total. The van der Waals surface area contributed by atoms with Gasteiger partial charge in [0.15, 0.2) is 0 Å². The van der Waals surface area contributed by atoms with E-state index in [4.69, 9.17) is 4.57 Å². The van der Waals surface area contributed by atoms with E-state index >= 15 is 0 Å². The summed E-state index contributed by atoms with van der Waals surface area (Å²) in [7, 11) is 11.9. The van der Waals surface area contributed by atoms with Gasteiger partial charge in [-0.25, -0.2) is 0 Å². The van der Waals surface area contributed by atoms with Gasteiger partial charge >= 0.3 is 0 Å². The third-order valence-electron chi connectivity index (χ3n) is 0. The highest BCUT2D eigenvalue weighted by molar-refractivity contribution is 7.00. The van der Waals surface area contributed by atoms with E-state index in [0.29, 0.717) is 9.12 Å². The van der Waals surface area contributed by atoms with Crippen molar-refractivity contribution in [3.05, 3.63) is 0 Å². The van der Waals surface area contributed by atoms with Gasteiger partial charge in [-0.2, -0.15) is 0 Å². The summed E-state index contributed by atoms with van der Waals surface area (Å²) in [4.78, 5) is 0. The van der Waals surface area contributed by atoms with E-state index in [0.717, 1.165) is 0 Å². The second-order valence-corrected chi connectivity index (χ2v) is 1.50. The van der Waals surface area contributed by atoms with Crippen LogP contribution in [0.5, 0.6) is 0 Å². The van der Waals surface area contributed by atoms with E-state index in [1.54, 1.807) is 0 Å². The van der Waals surface area contributed by atoms with Crippen LogP contribution in [0, 0.1) is 0 Å². The average molecular weight is 185 g/mol. The Morgan fingerprint density at radius 2 is 0.636 bits per heavy atom. The number of nitrogens with one attached hydrogen (secondary N) is 3. The van der Waals surface area contributed by atoms with Gasteiger partial charge in [-0.05, 0) is 42.3 Å². The molecule has 0 aliphatic rings. The largest absolute Gasteiger partial charge is 0.333 e. The van der Waals surface area contributed by atoms with Crippen LogP contribution < -0.4 is 16.0 Å². The molecule has 5 heteroatoms. The lowest BCUT2D eigenvalue weighted by Crippen LogP contribution is -1.89. The minimum absolute atomic E-state index is 0.611. The lowest BCUT2D eigenvalue weighted by atomic mass is 11.3. The zero-order valence-corrected chi connectivity index (χ0v) is 10.0. The van der Waals surface area contributed by atoms with Crippen molar-refractivity contribution in [2.75, 3.05) is 42.3 Å². The summed E-state index contributed by atoms with van der Waals surface area (Å²) in [5, 5.41) is 8.25. The molecule has 0 radical (unpaired) electrons. The number of rotatable bonds is 0. The standard InChI is InChI=1S/3C2H7N.H3OP/c3*1-3-2;1-2/h3*3H,1-2H3;2H3. The summed E-state index contributed by atoms with van der Waals surface area (Å²) in [5.74, 6) is 0. The molecule has 74 valence electrons. The van der Waals surface area contributed by atoms with E-state index in [9.17, 15) is 0 Å². The van der Waals surface area contributed by atoms with Crippen molar-refractivity contribution in [2.45, 2.75) is 0 Å². The van der Waals surface area contributed by atoms with Gasteiger partial charge in [0.25, 0.3) is 0 Å². The molecule has 0 rings (SSSR count). The van der Waals surface area contributed by atoms with E-state index in [-0.39, 0.29) is 0 Å². The van der Waals surface area contributed by atoms with E-state index in [1.165, 1.54) is 0 Å². The van der Waals surface area contributed by atoms with Gasteiger partial charge in [0.2, 0.25) is 0 Å². The molecule has 0 saturated heterocycles. The van der Waals surface area contributed by atoms with Gasteiger partial charge in [-0.3, -0.25) is 0 Å². The van der Waals surface area contributed by atoms with Crippen molar-refractivity contribution in [2.24, 2.45) is 0 Å². The van der Waals surface area contributed by atoms with E-state index in [2.05, 4.69) is 16.0 Å². The molecule has 11 heavy (non-hydrogen) atoms. The van der Waals surface area contributed by atoms with Crippen LogP contribution in [-0.2, 0) is 4.57 Å². The monoisotopic (exact) mass is 185 g/mol. The molecule has 0 saturated carbocycles. The molecule has 0 aromatic rings. The van der Waals surface area contributed by atoms with Crippen molar-refractivity contribution >= 4 is 9.12 Å². The Bertz CT molecular complexity index is 29.0. The van der Waals surface area contributed by atoms with Crippen LogP contribution in [0.2, 0.25) is 0 Å². The van der Waals surface area contributed by atoms with Crippen LogP contribution in [0.4, 0.5) is 0 Å². The molecule has 0 amide bonds.